The molecule has 6 nitrogen and oxygen atoms in total. The molecule has 2 heterocycles. The van der Waals surface area contributed by atoms with E-state index in [1.807, 2.05) is 36.4 Å². The molecule has 1 amide bonds. The van der Waals surface area contributed by atoms with Crippen LogP contribution in [0.1, 0.15) is 5.56 Å². The van der Waals surface area contributed by atoms with Gasteiger partial charge in [-0.1, -0.05) is 22.0 Å². The van der Waals surface area contributed by atoms with Gasteiger partial charge in [-0.2, -0.15) is 0 Å². The molecule has 0 spiro atoms. The first-order valence-corrected chi connectivity index (χ1v) is 8.93. The van der Waals surface area contributed by atoms with E-state index in [0.29, 0.717) is 25.5 Å². The van der Waals surface area contributed by atoms with Crippen molar-refractivity contribution in [3.63, 3.8) is 0 Å². The molecular formula is C18H20BrN3O3. The summed E-state index contributed by atoms with van der Waals surface area (Å²) in [6.07, 6.45) is 1.77. The standard InChI is InChI=1S/C18H20BrN3O3/c19-15-3-5-16(6-4-15)25-13-17(23)21-12-14-2-1-7-20-18(14)22-8-10-24-11-9-22/h1-7H,8-13H2,(H,21,23). The molecular weight excluding hydrogens is 386 g/mol. The molecule has 0 unspecified atom stereocenters. The van der Waals surface area contributed by atoms with Crippen molar-refractivity contribution in [1.82, 2.24) is 10.3 Å². The van der Waals surface area contributed by atoms with Gasteiger partial charge < -0.3 is 19.7 Å². The van der Waals surface area contributed by atoms with Gasteiger partial charge in [0.15, 0.2) is 6.61 Å². The number of hydrogen-bond acceptors (Lipinski definition) is 5. The highest BCUT2D eigenvalue weighted by Gasteiger charge is 2.16. The number of anilines is 1. The van der Waals surface area contributed by atoms with Crippen molar-refractivity contribution in [2.24, 2.45) is 0 Å². The SMILES string of the molecule is O=C(COc1ccc(Br)cc1)NCc1cccnc1N1CCOCC1. The van der Waals surface area contributed by atoms with Gasteiger partial charge in [-0.15, -0.1) is 0 Å². The van der Waals surface area contributed by atoms with Crippen LogP contribution in [0.3, 0.4) is 0 Å². The number of pyridine rings is 1. The van der Waals surface area contributed by atoms with Gasteiger partial charge in [0.2, 0.25) is 0 Å². The smallest absolute Gasteiger partial charge is 0.258 e. The zero-order chi connectivity index (χ0) is 17.5. The van der Waals surface area contributed by atoms with Crippen LogP contribution in [0.25, 0.3) is 0 Å². The van der Waals surface area contributed by atoms with Crippen LogP contribution in [0, 0.1) is 0 Å². The number of carbonyl (C=O) groups is 1. The maximum Gasteiger partial charge on any atom is 0.258 e. The second kappa shape index (κ2) is 8.82. The fourth-order valence-corrected chi connectivity index (χ4v) is 2.82. The molecule has 0 radical (unpaired) electrons. The number of nitrogens with zero attached hydrogens (tertiary/aromatic N) is 2. The lowest BCUT2D eigenvalue weighted by atomic mass is 10.2. The summed E-state index contributed by atoms with van der Waals surface area (Å²) in [6.45, 7) is 3.42. The van der Waals surface area contributed by atoms with Crippen LogP contribution in [-0.4, -0.2) is 43.8 Å². The molecule has 1 N–H and O–H groups in total. The van der Waals surface area contributed by atoms with E-state index >= 15 is 0 Å². The minimum absolute atomic E-state index is 0.0191. The summed E-state index contributed by atoms with van der Waals surface area (Å²) >= 11 is 3.36. The molecule has 0 bridgehead atoms. The van der Waals surface area contributed by atoms with Crippen molar-refractivity contribution in [2.75, 3.05) is 37.8 Å². The molecule has 2 aromatic rings. The largest absolute Gasteiger partial charge is 0.484 e. The van der Waals surface area contributed by atoms with Crippen molar-refractivity contribution in [3.8, 4) is 5.75 Å². The van der Waals surface area contributed by atoms with E-state index in [1.165, 1.54) is 0 Å². The summed E-state index contributed by atoms with van der Waals surface area (Å²) in [5.74, 6) is 1.40. The molecule has 7 heteroatoms. The Morgan fingerprint density at radius 1 is 1.24 bits per heavy atom. The Hall–Kier alpha value is -2.12. The quantitative estimate of drug-likeness (QED) is 0.798. The molecule has 0 atom stereocenters. The lowest BCUT2D eigenvalue weighted by molar-refractivity contribution is -0.123. The predicted octanol–water partition coefficient (Wildman–Crippen LogP) is 2.38. The van der Waals surface area contributed by atoms with Crippen molar-refractivity contribution >= 4 is 27.7 Å². The average Bonchev–Trinajstić information content (AvgIpc) is 2.67. The van der Waals surface area contributed by atoms with E-state index in [2.05, 4.69) is 31.1 Å². The second-order valence-corrected chi connectivity index (χ2v) is 6.52. The Bertz CT molecular complexity index is 703. The normalized spacial score (nSPS) is 14.2. The van der Waals surface area contributed by atoms with Gasteiger partial charge in [-0.25, -0.2) is 4.98 Å². The number of benzene rings is 1. The number of morpholine rings is 1. The fraction of sp³-hybridized carbons (Fsp3) is 0.333. The van der Waals surface area contributed by atoms with E-state index in [1.54, 1.807) is 6.20 Å². The lowest BCUT2D eigenvalue weighted by Crippen LogP contribution is -2.38. The second-order valence-electron chi connectivity index (χ2n) is 5.60. The molecule has 132 valence electrons. The highest BCUT2D eigenvalue weighted by atomic mass is 79.9. The minimum Gasteiger partial charge on any atom is -0.484 e. The van der Waals surface area contributed by atoms with Crippen molar-refractivity contribution in [1.29, 1.82) is 0 Å². The Kier molecular flexibility index (Phi) is 6.25. The van der Waals surface area contributed by atoms with E-state index in [0.717, 1.165) is 28.9 Å². The maximum absolute atomic E-state index is 12.0. The van der Waals surface area contributed by atoms with Crippen LogP contribution < -0.4 is 15.0 Å². The van der Waals surface area contributed by atoms with Gasteiger partial charge in [-0.05, 0) is 30.3 Å². The predicted molar refractivity (Wildman–Crippen MR) is 98.8 cm³/mol. The van der Waals surface area contributed by atoms with Crippen LogP contribution in [0.4, 0.5) is 5.82 Å². The number of halogens is 1. The molecule has 1 fully saturated rings. The topological polar surface area (TPSA) is 63.7 Å². The third-order valence-corrected chi connectivity index (χ3v) is 4.37. The maximum atomic E-state index is 12.0. The molecule has 0 saturated carbocycles. The number of nitrogens with one attached hydrogen (secondary N) is 1. The van der Waals surface area contributed by atoms with Gasteiger partial charge in [-0.3, -0.25) is 4.79 Å². The first kappa shape index (κ1) is 17.7. The fourth-order valence-electron chi connectivity index (χ4n) is 2.55. The summed E-state index contributed by atoms with van der Waals surface area (Å²) in [4.78, 5) is 18.7. The Morgan fingerprint density at radius 2 is 2.00 bits per heavy atom. The Labute approximate surface area is 155 Å². The summed E-state index contributed by atoms with van der Waals surface area (Å²) in [5, 5.41) is 2.89. The molecule has 25 heavy (non-hydrogen) atoms. The number of ether oxygens (including phenoxy) is 2. The van der Waals surface area contributed by atoms with E-state index in [4.69, 9.17) is 9.47 Å². The molecule has 1 aromatic carbocycles. The zero-order valence-corrected chi connectivity index (χ0v) is 15.4. The first-order valence-electron chi connectivity index (χ1n) is 8.14. The van der Waals surface area contributed by atoms with E-state index in [9.17, 15) is 4.79 Å². The number of aromatic nitrogens is 1. The van der Waals surface area contributed by atoms with Gasteiger partial charge in [0.1, 0.15) is 11.6 Å². The monoisotopic (exact) mass is 405 g/mol. The highest BCUT2D eigenvalue weighted by Crippen LogP contribution is 2.18. The minimum atomic E-state index is -0.167. The molecule has 1 saturated heterocycles. The lowest BCUT2D eigenvalue weighted by Gasteiger charge is -2.29. The van der Waals surface area contributed by atoms with E-state index in [-0.39, 0.29) is 12.5 Å². The van der Waals surface area contributed by atoms with Crippen molar-refractivity contribution in [3.05, 3.63) is 52.6 Å². The number of rotatable bonds is 6. The van der Waals surface area contributed by atoms with Crippen LogP contribution in [0.15, 0.2) is 47.1 Å². The van der Waals surface area contributed by atoms with Crippen LogP contribution in [-0.2, 0) is 16.1 Å². The molecule has 1 aromatic heterocycles. The Balaban J connectivity index is 1.52. The molecule has 0 aliphatic carbocycles. The van der Waals surface area contributed by atoms with Gasteiger partial charge >= 0.3 is 0 Å². The Morgan fingerprint density at radius 3 is 2.76 bits per heavy atom. The van der Waals surface area contributed by atoms with Gasteiger partial charge in [0.25, 0.3) is 5.91 Å². The molecule has 3 rings (SSSR count). The number of hydrogen-bond donors (Lipinski definition) is 1. The summed E-state index contributed by atoms with van der Waals surface area (Å²) in [6, 6.07) is 11.2. The highest BCUT2D eigenvalue weighted by molar-refractivity contribution is 9.10. The third-order valence-electron chi connectivity index (χ3n) is 3.84. The van der Waals surface area contributed by atoms with Gasteiger partial charge in [0.05, 0.1) is 13.2 Å². The number of carbonyl (C=O) groups excluding carboxylic acids is 1. The van der Waals surface area contributed by atoms with Crippen LogP contribution in [0.5, 0.6) is 5.75 Å². The zero-order valence-electron chi connectivity index (χ0n) is 13.8. The van der Waals surface area contributed by atoms with Crippen LogP contribution >= 0.6 is 15.9 Å². The molecule has 1 aliphatic rings. The summed E-state index contributed by atoms with van der Waals surface area (Å²) in [7, 11) is 0. The van der Waals surface area contributed by atoms with Gasteiger partial charge in [0, 0.05) is 35.9 Å². The first-order chi connectivity index (χ1) is 12.2. The van der Waals surface area contributed by atoms with E-state index < -0.39 is 0 Å². The van der Waals surface area contributed by atoms with Crippen molar-refractivity contribution < 1.29 is 14.3 Å². The van der Waals surface area contributed by atoms with Crippen molar-refractivity contribution in [2.45, 2.75) is 6.54 Å². The molecule has 1 aliphatic heterocycles. The summed E-state index contributed by atoms with van der Waals surface area (Å²) in [5.41, 5.74) is 0.987. The summed E-state index contributed by atoms with van der Waals surface area (Å²) < 4.78 is 11.8. The number of amides is 1. The van der Waals surface area contributed by atoms with Crippen LogP contribution in [0.2, 0.25) is 0 Å². The average molecular weight is 406 g/mol. The third kappa shape index (κ3) is 5.17.